The number of hydrogen-bond acceptors (Lipinski definition) is 3. The molecule has 2 aromatic carbocycles. The summed E-state index contributed by atoms with van der Waals surface area (Å²) in [7, 11) is 0. The van der Waals surface area contributed by atoms with E-state index in [0.717, 1.165) is 32.5 Å². The lowest BCUT2D eigenvalue weighted by Gasteiger charge is -2.20. The third-order valence-corrected chi connectivity index (χ3v) is 4.72. The molecule has 0 saturated carbocycles. The van der Waals surface area contributed by atoms with Gasteiger partial charge in [-0.05, 0) is 47.5 Å². The van der Waals surface area contributed by atoms with E-state index in [-0.39, 0.29) is 5.91 Å². The maximum Gasteiger partial charge on any atom is 0.251 e. The van der Waals surface area contributed by atoms with Crippen LogP contribution in [0.1, 0.15) is 21.5 Å². The average Bonchev–Trinajstić information content (AvgIpc) is 2.66. The van der Waals surface area contributed by atoms with Crippen molar-refractivity contribution in [2.45, 2.75) is 13.2 Å². The fourth-order valence-corrected chi connectivity index (χ4v) is 3.12. The highest BCUT2D eigenvalue weighted by molar-refractivity contribution is 9.10. The highest BCUT2D eigenvalue weighted by Crippen LogP contribution is 2.37. The number of nitrogens with one attached hydrogen (secondary N) is 1. The highest BCUT2D eigenvalue weighted by atomic mass is 79.9. The maximum atomic E-state index is 12.4. The zero-order valence-electron chi connectivity index (χ0n) is 13.3. The fourth-order valence-electron chi connectivity index (χ4n) is 2.85. The van der Waals surface area contributed by atoms with E-state index in [9.17, 15) is 4.79 Å². The lowest BCUT2D eigenvalue weighted by molar-refractivity contribution is 0.0950. The molecule has 1 N–H and O–H groups in total. The molecule has 3 aromatic rings. The number of fused-ring (bicyclic) bond motifs is 3. The van der Waals surface area contributed by atoms with Crippen molar-refractivity contribution in [1.82, 2.24) is 10.3 Å². The van der Waals surface area contributed by atoms with Crippen LogP contribution in [0.2, 0.25) is 0 Å². The number of halogens is 1. The topological polar surface area (TPSA) is 51.2 Å². The molecule has 0 unspecified atom stereocenters. The van der Waals surface area contributed by atoms with Gasteiger partial charge < -0.3 is 10.1 Å². The molecule has 1 aliphatic rings. The van der Waals surface area contributed by atoms with Crippen LogP contribution >= 0.6 is 15.9 Å². The number of amides is 1. The van der Waals surface area contributed by atoms with E-state index >= 15 is 0 Å². The second-order valence-corrected chi connectivity index (χ2v) is 6.76. The number of nitrogens with zero attached hydrogens (tertiary/aromatic N) is 1. The van der Waals surface area contributed by atoms with Crippen LogP contribution in [-0.4, -0.2) is 10.9 Å². The van der Waals surface area contributed by atoms with E-state index in [1.165, 1.54) is 0 Å². The predicted molar refractivity (Wildman–Crippen MR) is 99.3 cm³/mol. The smallest absolute Gasteiger partial charge is 0.251 e. The molecule has 25 heavy (non-hydrogen) atoms. The number of carbonyl (C=O) groups excluding carboxylic acids is 1. The average molecular weight is 395 g/mol. The summed E-state index contributed by atoms with van der Waals surface area (Å²) in [6, 6.07) is 15.4. The van der Waals surface area contributed by atoms with Gasteiger partial charge in [-0.1, -0.05) is 28.1 Å². The lowest BCUT2D eigenvalue weighted by Crippen LogP contribution is -2.23. The summed E-state index contributed by atoms with van der Waals surface area (Å²) >= 11 is 3.40. The normalized spacial score (nSPS) is 11.9. The van der Waals surface area contributed by atoms with Crippen LogP contribution < -0.4 is 10.1 Å². The molecule has 5 heteroatoms. The summed E-state index contributed by atoms with van der Waals surface area (Å²) in [5.41, 5.74) is 4.80. The number of benzene rings is 2. The minimum atomic E-state index is -0.116. The van der Waals surface area contributed by atoms with Crippen LogP contribution in [0.4, 0.5) is 0 Å². The van der Waals surface area contributed by atoms with E-state index in [4.69, 9.17) is 4.74 Å². The third-order valence-electron chi connectivity index (χ3n) is 4.19. The zero-order chi connectivity index (χ0) is 17.2. The SMILES string of the molecule is O=C(NCc1ccc(Br)cc1)c1ccc2c(c1)OCc1cnccc1-2. The molecule has 1 amide bonds. The molecule has 0 aliphatic carbocycles. The van der Waals surface area contributed by atoms with Crippen molar-refractivity contribution in [3.8, 4) is 16.9 Å². The van der Waals surface area contributed by atoms with Gasteiger partial charge in [-0.25, -0.2) is 0 Å². The molecule has 4 nitrogen and oxygen atoms in total. The summed E-state index contributed by atoms with van der Waals surface area (Å²) in [6.45, 7) is 0.957. The number of carbonyl (C=O) groups is 1. The Bertz CT molecular complexity index is 939. The van der Waals surface area contributed by atoms with Crippen molar-refractivity contribution >= 4 is 21.8 Å². The van der Waals surface area contributed by atoms with Gasteiger partial charge in [0, 0.05) is 40.1 Å². The Labute approximate surface area is 154 Å². The largest absolute Gasteiger partial charge is 0.488 e. The molecule has 124 valence electrons. The van der Waals surface area contributed by atoms with E-state index in [2.05, 4.69) is 26.2 Å². The van der Waals surface area contributed by atoms with Gasteiger partial charge in [-0.15, -0.1) is 0 Å². The number of aromatic nitrogens is 1. The molecule has 1 aliphatic heterocycles. The Morgan fingerprint density at radius 2 is 1.96 bits per heavy atom. The standard InChI is InChI=1S/C20H15BrN2O2/c21-16-4-1-13(2-5-16)10-23-20(24)14-3-6-18-17-7-8-22-11-15(17)12-25-19(18)9-14/h1-9,11H,10,12H2,(H,23,24). The lowest BCUT2D eigenvalue weighted by atomic mass is 9.97. The summed E-state index contributed by atoms with van der Waals surface area (Å²) in [4.78, 5) is 16.6. The second kappa shape index (κ2) is 6.69. The molecular weight excluding hydrogens is 380 g/mol. The van der Waals surface area contributed by atoms with Crippen LogP contribution in [0.25, 0.3) is 11.1 Å². The first-order valence-electron chi connectivity index (χ1n) is 7.93. The summed E-state index contributed by atoms with van der Waals surface area (Å²) in [5.74, 6) is 0.616. The van der Waals surface area contributed by atoms with Gasteiger partial charge >= 0.3 is 0 Å². The Morgan fingerprint density at radius 3 is 2.80 bits per heavy atom. The van der Waals surface area contributed by atoms with Crippen molar-refractivity contribution in [1.29, 1.82) is 0 Å². The van der Waals surface area contributed by atoms with E-state index in [1.807, 2.05) is 48.7 Å². The van der Waals surface area contributed by atoms with Gasteiger partial charge in [0.25, 0.3) is 5.91 Å². The number of ether oxygens (including phenoxy) is 1. The first-order chi connectivity index (χ1) is 12.2. The zero-order valence-corrected chi connectivity index (χ0v) is 14.9. The van der Waals surface area contributed by atoms with Gasteiger partial charge in [0.2, 0.25) is 0 Å². The van der Waals surface area contributed by atoms with E-state index in [1.54, 1.807) is 12.3 Å². The molecule has 0 spiro atoms. The third kappa shape index (κ3) is 3.28. The van der Waals surface area contributed by atoms with E-state index in [0.29, 0.717) is 18.7 Å². The molecule has 2 heterocycles. The van der Waals surface area contributed by atoms with Gasteiger partial charge in [-0.3, -0.25) is 9.78 Å². The Balaban J connectivity index is 1.52. The highest BCUT2D eigenvalue weighted by Gasteiger charge is 2.18. The first kappa shape index (κ1) is 15.8. The van der Waals surface area contributed by atoms with Gasteiger partial charge in [0.1, 0.15) is 12.4 Å². The number of pyridine rings is 1. The Hall–Kier alpha value is -2.66. The molecule has 4 rings (SSSR count). The van der Waals surface area contributed by atoms with E-state index < -0.39 is 0 Å². The van der Waals surface area contributed by atoms with Gasteiger partial charge in [0.05, 0.1) is 0 Å². The monoisotopic (exact) mass is 394 g/mol. The Kier molecular flexibility index (Phi) is 4.24. The minimum Gasteiger partial charge on any atom is -0.488 e. The molecule has 0 saturated heterocycles. The first-order valence-corrected chi connectivity index (χ1v) is 8.73. The Morgan fingerprint density at radius 1 is 1.12 bits per heavy atom. The van der Waals surface area contributed by atoms with Crippen molar-refractivity contribution in [2.75, 3.05) is 0 Å². The number of rotatable bonds is 3. The van der Waals surface area contributed by atoms with Crippen LogP contribution in [-0.2, 0) is 13.2 Å². The molecule has 0 atom stereocenters. The molecule has 0 radical (unpaired) electrons. The van der Waals surface area contributed by atoms with Crippen molar-refractivity contribution in [3.05, 3.63) is 82.1 Å². The van der Waals surface area contributed by atoms with Crippen LogP contribution in [0.5, 0.6) is 5.75 Å². The molecule has 0 bridgehead atoms. The van der Waals surface area contributed by atoms with Crippen molar-refractivity contribution in [3.63, 3.8) is 0 Å². The quantitative estimate of drug-likeness (QED) is 0.718. The second-order valence-electron chi connectivity index (χ2n) is 5.84. The van der Waals surface area contributed by atoms with Gasteiger partial charge in [0.15, 0.2) is 0 Å². The van der Waals surface area contributed by atoms with Gasteiger partial charge in [-0.2, -0.15) is 0 Å². The van der Waals surface area contributed by atoms with Crippen molar-refractivity contribution < 1.29 is 9.53 Å². The van der Waals surface area contributed by atoms with Crippen LogP contribution in [0, 0.1) is 0 Å². The minimum absolute atomic E-state index is 0.116. The predicted octanol–water partition coefficient (Wildman–Crippen LogP) is 4.33. The molecule has 1 aromatic heterocycles. The summed E-state index contributed by atoms with van der Waals surface area (Å²) in [5, 5.41) is 2.94. The number of hydrogen-bond donors (Lipinski definition) is 1. The summed E-state index contributed by atoms with van der Waals surface area (Å²) in [6.07, 6.45) is 3.59. The fraction of sp³-hybridized carbons (Fsp3) is 0.100. The molecule has 0 fully saturated rings. The maximum absolute atomic E-state index is 12.4. The molecular formula is C20H15BrN2O2. The summed E-state index contributed by atoms with van der Waals surface area (Å²) < 4.78 is 6.81. The van der Waals surface area contributed by atoms with Crippen LogP contribution in [0.15, 0.2) is 65.4 Å². The van der Waals surface area contributed by atoms with Crippen LogP contribution in [0.3, 0.4) is 0 Å². The van der Waals surface area contributed by atoms with Crippen molar-refractivity contribution in [2.24, 2.45) is 0 Å².